The fourth-order valence-corrected chi connectivity index (χ4v) is 5.13. The van der Waals surface area contributed by atoms with E-state index < -0.39 is 6.04 Å². The van der Waals surface area contributed by atoms with Gasteiger partial charge < -0.3 is 15.1 Å². The zero-order chi connectivity index (χ0) is 26.1. The number of carbonyl (C=O) groups is 3. The Kier molecular flexibility index (Phi) is 6.09. The summed E-state index contributed by atoms with van der Waals surface area (Å²) < 4.78 is 0. The first-order valence-corrected chi connectivity index (χ1v) is 12.6. The molecule has 2 fully saturated rings. The standard InChI is InChI=1S/C31H26N4O3/c36-29-28-21-33(30(37)32-27-17-8-7-16-26(27)23-12-5-2-6-13-23)18-19-34(28)31(38)35(29)25-15-9-14-24(20-25)22-10-3-1-4-11-22/h1-17,20,28H,18-19,21H2,(H,32,37). The smallest absolute Gasteiger partial charge is 0.320 e. The Labute approximate surface area is 220 Å². The highest BCUT2D eigenvalue weighted by Crippen LogP contribution is 2.32. The minimum atomic E-state index is -0.716. The van der Waals surface area contributed by atoms with Crippen LogP contribution in [0.3, 0.4) is 0 Å². The van der Waals surface area contributed by atoms with Crippen LogP contribution in [0.5, 0.6) is 0 Å². The second-order valence-corrected chi connectivity index (χ2v) is 9.37. The largest absolute Gasteiger partial charge is 0.332 e. The number of piperazine rings is 1. The molecule has 6 rings (SSSR count). The third kappa shape index (κ3) is 4.28. The van der Waals surface area contributed by atoms with E-state index in [1.54, 1.807) is 15.9 Å². The molecule has 0 aliphatic carbocycles. The van der Waals surface area contributed by atoms with Crippen LogP contribution in [-0.4, -0.2) is 53.4 Å². The Balaban J connectivity index is 1.20. The predicted octanol–water partition coefficient (Wildman–Crippen LogP) is 5.71. The third-order valence-corrected chi connectivity index (χ3v) is 7.07. The van der Waals surface area contributed by atoms with Crippen LogP contribution in [0.4, 0.5) is 21.0 Å². The summed E-state index contributed by atoms with van der Waals surface area (Å²) in [6.07, 6.45) is 0. The number of benzene rings is 4. The van der Waals surface area contributed by atoms with Crippen molar-refractivity contribution in [3.63, 3.8) is 0 Å². The Hall–Kier alpha value is -4.91. The first-order chi connectivity index (χ1) is 18.6. The number of fused-ring (bicyclic) bond motifs is 1. The average molecular weight is 503 g/mol. The van der Waals surface area contributed by atoms with Gasteiger partial charge in [0.05, 0.1) is 17.9 Å². The molecule has 7 heteroatoms. The molecule has 5 amide bonds. The van der Waals surface area contributed by atoms with Crippen LogP contribution in [0.2, 0.25) is 0 Å². The van der Waals surface area contributed by atoms with E-state index in [4.69, 9.17) is 0 Å². The van der Waals surface area contributed by atoms with Crippen molar-refractivity contribution in [2.45, 2.75) is 6.04 Å². The van der Waals surface area contributed by atoms with Gasteiger partial charge in [0.15, 0.2) is 0 Å². The lowest BCUT2D eigenvalue weighted by atomic mass is 10.0. The maximum Gasteiger partial charge on any atom is 0.332 e. The summed E-state index contributed by atoms with van der Waals surface area (Å²) in [6, 6.07) is 33.4. The van der Waals surface area contributed by atoms with E-state index in [2.05, 4.69) is 5.32 Å². The number of hydrogen-bond acceptors (Lipinski definition) is 3. The lowest BCUT2D eigenvalue weighted by Gasteiger charge is -2.35. The predicted molar refractivity (Wildman–Crippen MR) is 148 cm³/mol. The summed E-state index contributed by atoms with van der Waals surface area (Å²) in [6.45, 7) is 0.767. The summed E-state index contributed by atoms with van der Waals surface area (Å²) in [7, 11) is 0. The van der Waals surface area contributed by atoms with Gasteiger partial charge in [-0.15, -0.1) is 0 Å². The van der Waals surface area contributed by atoms with E-state index >= 15 is 0 Å². The van der Waals surface area contributed by atoms with Crippen LogP contribution in [0.25, 0.3) is 22.3 Å². The maximum absolute atomic E-state index is 13.5. The van der Waals surface area contributed by atoms with Crippen molar-refractivity contribution in [2.75, 3.05) is 29.9 Å². The molecule has 1 unspecified atom stereocenters. The number of nitrogens with zero attached hydrogens (tertiary/aromatic N) is 3. The van der Waals surface area contributed by atoms with Crippen LogP contribution >= 0.6 is 0 Å². The molecule has 0 spiro atoms. The SMILES string of the molecule is O=C(Nc1ccccc1-c1ccccc1)N1CCN2C(=O)N(c3cccc(-c4ccccc4)c3)C(=O)C2C1. The van der Waals surface area contributed by atoms with Crippen LogP contribution in [0, 0.1) is 0 Å². The monoisotopic (exact) mass is 502 g/mol. The number of carbonyl (C=O) groups excluding carboxylic acids is 3. The first-order valence-electron chi connectivity index (χ1n) is 12.6. The fraction of sp³-hybridized carbons (Fsp3) is 0.129. The highest BCUT2D eigenvalue weighted by molar-refractivity contribution is 6.21. The van der Waals surface area contributed by atoms with Crippen LogP contribution in [-0.2, 0) is 4.79 Å². The van der Waals surface area contributed by atoms with Gasteiger partial charge >= 0.3 is 12.1 Å². The highest BCUT2D eigenvalue weighted by Gasteiger charge is 2.49. The minimum absolute atomic E-state index is 0.138. The van der Waals surface area contributed by atoms with Gasteiger partial charge in [-0.05, 0) is 34.9 Å². The van der Waals surface area contributed by atoms with Gasteiger partial charge in [0.25, 0.3) is 5.91 Å². The van der Waals surface area contributed by atoms with Crippen LogP contribution < -0.4 is 10.2 Å². The lowest BCUT2D eigenvalue weighted by molar-refractivity contribution is -0.120. The molecule has 2 saturated heterocycles. The van der Waals surface area contributed by atoms with Gasteiger partial charge in [-0.2, -0.15) is 0 Å². The Bertz CT molecular complexity index is 1510. The zero-order valence-electron chi connectivity index (χ0n) is 20.7. The van der Waals surface area contributed by atoms with Crippen molar-refractivity contribution < 1.29 is 14.4 Å². The van der Waals surface area contributed by atoms with Crippen molar-refractivity contribution in [2.24, 2.45) is 0 Å². The van der Waals surface area contributed by atoms with Gasteiger partial charge in [-0.1, -0.05) is 91.0 Å². The topological polar surface area (TPSA) is 73.0 Å². The minimum Gasteiger partial charge on any atom is -0.320 e. The maximum atomic E-state index is 13.5. The number of amides is 5. The first kappa shape index (κ1) is 23.5. The molecule has 188 valence electrons. The number of nitrogens with one attached hydrogen (secondary N) is 1. The van der Waals surface area contributed by atoms with Gasteiger partial charge in [0.2, 0.25) is 0 Å². The number of rotatable bonds is 4. The van der Waals surface area contributed by atoms with Crippen LogP contribution in [0.15, 0.2) is 109 Å². The van der Waals surface area contributed by atoms with Crippen molar-refractivity contribution in [1.29, 1.82) is 0 Å². The second kappa shape index (κ2) is 9.86. The molecular weight excluding hydrogens is 476 g/mol. The van der Waals surface area contributed by atoms with Gasteiger partial charge in [0.1, 0.15) is 6.04 Å². The number of para-hydroxylation sites is 1. The molecular formula is C31H26N4O3. The number of imide groups is 1. The Morgan fingerprint density at radius 3 is 2.13 bits per heavy atom. The zero-order valence-corrected chi connectivity index (χ0v) is 20.7. The van der Waals surface area contributed by atoms with Crippen LogP contribution in [0.1, 0.15) is 0 Å². The molecule has 1 atom stereocenters. The van der Waals surface area contributed by atoms with Crippen molar-refractivity contribution in [3.05, 3.63) is 109 Å². The van der Waals surface area contributed by atoms with E-state index in [-0.39, 0.29) is 31.1 Å². The molecule has 0 aromatic heterocycles. The van der Waals surface area contributed by atoms with Gasteiger partial charge in [0, 0.05) is 18.7 Å². The quantitative estimate of drug-likeness (QED) is 0.364. The van der Waals surface area contributed by atoms with Crippen molar-refractivity contribution in [3.8, 4) is 22.3 Å². The summed E-state index contributed by atoms with van der Waals surface area (Å²) in [5.41, 5.74) is 5.06. The molecule has 4 aromatic carbocycles. The average Bonchev–Trinajstić information content (AvgIpc) is 3.23. The number of urea groups is 2. The molecule has 2 aliphatic heterocycles. The van der Waals surface area contributed by atoms with Crippen molar-refractivity contribution >= 4 is 29.3 Å². The molecule has 38 heavy (non-hydrogen) atoms. The molecule has 0 saturated carbocycles. The summed E-state index contributed by atoms with van der Waals surface area (Å²) in [5.74, 6) is -0.317. The number of anilines is 2. The normalized spacial score (nSPS) is 16.9. The van der Waals surface area contributed by atoms with E-state index in [0.717, 1.165) is 22.3 Å². The molecule has 0 bridgehead atoms. The Morgan fingerprint density at radius 2 is 1.37 bits per heavy atom. The van der Waals surface area contributed by atoms with E-state index in [0.29, 0.717) is 17.9 Å². The molecule has 0 radical (unpaired) electrons. The summed E-state index contributed by atoms with van der Waals surface area (Å²) in [5, 5.41) is 3.01. The van der Waals surface area contributed by atoms with Gasteiger partial charge in [-0.3, -0.25) is 4.79 Å². The Morgan fingerprint density at radius 1 is 0.711 bits per heavy atom. The third-order valence-electron chi connectivity index (χ3n) is 7.07. The molecule has 4 aromatic rings. The second-order valence-electron chi connectivity index (χ2n) is 9.37. The van der Waals surface area contributed by atoms with E-state index in [9.17, 15) is 14.4 Å². The molecule has 7 nitrogen and oxygen atoms in total. The lowest BCUT2D eigenvalue weighted by Crippen LogP contribution is -2.55. The van der Waals surface area contributed by atoms with E-state index in [1.165, 1.54) is 4.90 Å². The summed E-state index contributed by atoms with van der Waals surface area (Å²) >= 11 is 0. The molecule has 2 heterocycles. The van der Waals surface area contributed by atoms with Crippen molar-refractivity contribution in [1.82, 2.24) is 9.80 Å². The molecule has 1 N–H and O–H groups in total. The summed E-state index contributed by atoms with van der Waals surface area (Å²) in [4.78, 5) is 44.4. The van der Waals surface area contributed by atoms with Gasteiger partial charge in [-0.25, -0.2) is 14.5 Å². The number of hydrogen-bond donors (Lipinski definition) is 1. The fourth-order valence-electron chi connectivity index (χ4n) is 5.13. The molecule has 2 aliphatic rings. The van der Waals surface area contributed by atoms with E-state index in [1.807, 2.05) is 103 Å². The highest BCUT2D eigenvalue weighted by atomic mass is 16.2.